The molecule has 1 saturated carbocycles. The quantitative estimate of drug-likeness (QED) is 0.743. The molecule has 1 aliphatic rings. The van der Waals surface area contributed by atoms with Crippen molar-refractivity contribution in [3.8, 4) is 0 Å². The van der Waals surface area contributed by atoms with E-state index in [0.29, 0.717) is 31.2 Å². The van der Waals surface area contributed by atoms with Crippen LogP contribution in [0, 0.1) is 0 Å². The molecule has 0 saturated heterocycles. The van der Waals surface area contributed by atoms with E-state index in [2.05, 4.69) is 20.8 Å². The van der Waals surface area contributed by atoms with E-state index in [1.54, 1.807) is 0 Å². The van der Waals surface area contributed by atoms with E-state index >= 15 is 0 Å². The van der Waals surface area contributed by atoms with Gasteiger partial charge in [0.2, 0.25) is 5.89 Å². The number of carbonyl (C=O) groups excluding carboxylic acids is 1. The first-order chi connectivity index (χ1) is 10.5. The molecule has 0 atom stereocenters. The maximum atomic E-state index is 11.7. The van der Waals surface area contributed by atoms with Gasteiger partial charge in [-0.3, -0.25) is 0 Å². The summed E-state index contributed by atoms with van der Waals surface area (Å²) in [6, 6.07) is -0.275. The molecule has 0 spiro atoms. The molecule has 0 unspecified atom stereocenters. The molecule has 0 aliphatic heterocycles. The number of rotatable bonds is 6. The summed E-state index contributed by atoms with van der Waals surface area (Å²) < 4.78 is 5.11. The first-order valence-electron chi connectivity index (χ1n) is 8.05. The van der Waals surface area contributed by atoms with Crippen LogP contribution in [0.4, 0.5) is 4.79 Å². The second-order valence-electron chi connectivity index (χ2n) is 6.35. The molecule has 1 heterocycles. The van der Waals surface area contributed by atoms with Gasteiger partial charge >= 0.3 is 6.03 Å². The van der Waals surface area contributed by atoms with Gasteiger partial charge in [-0.25, -0.2) is 4.79 Å². The minimum absolute atomic E-state index is 0.227. The van der Waals surface area contributed by atoms with Crippen LogP contribution in [0.3, 0.4) is 0 Å². The lowest BCUT2D eigenvalue weighted by Gasteiger charge is -2.32. The third-order valence-electron chi connectivity index (χ3n) is 3.99. The van der Waals surface area contributed by atoms with Gasteiger partial charge in [0, 0.05) is 25.4 Å². The first kappa shape index (κ1) is 16.7. The number of hydrogen-bond acceptors (Lipinski definition) is 5. The molecular formula is C15H26N4O3. The Hall–Kier alpha value is -1.63. The van der Waals surface area contributed by atoms with E-state index in [-0.39, 0.29) is 11.9 Å². The fraction of sp³-hybridized carbons (Fsp3) is 0.800. The fourth-order valence-corrected chi connectivity index (χ4v) is 2.58. The van der Waals surface area contributed by atoms with Crippen molar-refractivity contribution in [1.82, 2.24) is 20.8 Å². The summed E-state index contributed by atoms with van der Waals surface area (Å²) >= 11 is 0. The predicted molar refractivity (Wildman–Crippen MR) is 81.5 cm³/mol. The smallest absolute Gasteiger partial charge is 0.314 e. The standard InChI is InChI=1S/C15H26N4O3/c1-11(2)13-18-12(22-19-13)6-9-16-14(20)17-10-15(21)7-4-3-5-8-15/h11,21H,3-10H2,1-2H3,(H2,16,17,20). The van der Waals surface area contributed by atoms with Gasteiger partial charge in [0.1, 0.15) is 0 Å². The fourth-order valence-electron chi connectivity index (χ4n) is 2.58. The largest absolute Gasteiger partial charge is 0.388 e. The minimum Gasteiger partial charge on any atom is -0.388 e. The van der Waals surface area contributed by atoms with Crippen LogP contribution in [-0.2, 0) is 6.42 Å². The summed E-state index contributed by atoms with van der Waals surface area (Å²) in [4.78, 5) is 16.0. The Labute approximate surface area is 130 Å². The van der Waals surface area contributed by atoms with Crippen molar-refractivity contribution in [1.29, 1.82) is 0 Å². The molecule has 1 aliphatic carbocycles. The van der Waals surface area contributed by atoms with Gasteiger partial charge in [0.05, 0.1) is 5.60 Å². The lowest BCUT2D eigenvalue weighted by molar-refractivity contribution is 0.00720. The maximum Gasteiger partial charge on any atom is 0.314 e. The normalized spacial score (nSPS) is 17.5. The molecule has 22 heavy (non-hydrogen) atoms. The monoisotopic (exact) mass is 310 g/mol. The summed E-state index contributed by atoms with van der Waals surface area (Å²) in [5.41, 5.74) is -0.742. The summed E-state index contributed by atoms with van der Waals surface area (Å²) in [6.07, 6.45) is 5.22. The van der Waals surface area contributed by atoms with Crippen molar-refractivity contribution < 1.29 is 14.4 Å². The van der Waals surface area contributed by atoms with Crippen molar-refractivity contribution in [2.75, 3.05) is 13.1 Å². The Morgan fingerprint density at radius 2 is 2.05 bits per heavy atom. The number of urea groups is 1. The van der Waals surface area contributed by atoms with Crippen LogP contribution in [0.25, 0.3) is 0 Å². The molecule has 2 rings (SSSR count). The molecule has 3 N–H and O–H groups in total. The molecule has 7 heteroatoms. The minimum atomic E-state index is -0.742. The van der Waals surface area contributed by atoms with Crippen LogP contribution < -0.4 is 10.6 Å². The Kier molecular flexibility index (Phi) is 5.76. The van der Waals surface area contributed by atoms with Gasteiger partial charge in [-0.1, -0.05) is 38.3 Å². The van der Waals surface area contributed by atoms with Crippen LogP contribution in [0.2, 0.25) is 0 Å². The zero-order valence-electron chi connectivity index (χ0n) is 13.4. The van der Waals surface area contributed by atoms with Crippen molar-refractivity contribution in [3.63, 3.8) is 0 Å². The van der Waals surface area contributed by atoms with E-state index in [1.807, 2.05) is 13.8 Å². The zero-order chi connectivity index (χ0) is 16.0. The highest BCUT2D eigenvalue weighted by Crippen LogP contribution is 2.27. The van der Waals surface area contributed by atoms with E-state index < -0.39 is 5.60 Å². The van der Waals surface area contributed by atoms with Crippen LogP contribution >= 0.6 is 0 Å². The number of aliphatic hydroxyl groups is 1. The number of hydrogen-bond donors (Lipinski definition) is 3. The number of nitrogens with zero attached hydrogens (tertiary/aromatic N) is 2. The summed E-state index contributed by atoms with van der Waals surface area (Å²) in [5, 5.41) is 19.6. The molecule has 2 amide bonds. The Balaban J connectivity index is 1.64. The molecule has 124 valence electrons. The van der Waals surface area contributed by atoms with E-state index in [4.69, 9.17) is 4.52 Å². The average Bonchev–Trinajstić information content (AvgIpc) is 2.95. The molecule has 0 aromatic carbocycles. The summed E-state index contributed by atoms with van der Waals surface area (Å²) in [6.45, 7) is 4.72. The third kappa shape index (κ3) is 4.98. The highest BCUT2D eigenvalue weighted by Gasteiger charge is 2.29. The Morgan fingerprint density at radius 1 is 1.32 bits per heavy atom. The lowest BCUT2D eigenvalue weighted by Crippen LogP contribution is -2.47. The van der Waals surface area contributed by atoms with Gasteiger partial charge < -0.3 is 20.3 Å². The van der Waals surface area contributed by atoms with Gasteiger partial charge in [0.15, 0.2) is 5.82 Å². The number of nitrogens with one attached hydrogen (secondary N) is 2. The van der Waals surface area contributed by atoms with Crippen molar-refractivity contribution in [2.24, 2.45) is 0 Å². The molecule has 1 fully saturated rings. The third-order valence-corrected chi connectivity index (χ3v) is 3.99. The topological polar surface area (TPSA) is 100 Å². The SMILES string of the molecule is CC(C)c1noc(CCNC(=O)NCC2(O)CCCCC2)n1. The predicted octanol–water partition coefficient (Wildman–Crippen LogP) is 1.73. The van der Waals surface area contributed by atoms with Crippen molar-refractivity contribution in [3.05, 3.63) is 11.7 Å². The average molecular weight is 310 g/mol. The molecule has 7 nitrogen and oxygen atoms in total. The summed E-state index contributed by atoms with van der Waals surface area (Å²) in [7, 11) is 0. The van der Waals surface area contributed by atoms with Crippen LogP contribution in [0.5, 0.6) is 0 Å². The second-order valence-corrected chi connectivity index (χ2v) is 6.35. The Morgan fingerprint density at radius 3 is 2.68 bits per heavy atom. The molecule has 1 aromatic heterocycles. The van der Waals surface area contributed by atoms with E-state index in [1.165, 1.54) is 0 Å². The molecule has 0 radical (unpaired) electrons. The van der Waals surface area contributed by atoms with Crippen LogP contribution in [0.15, 0.2) is 4.52 Å². The zero-order valence-corrected chi connectivity index (χ0v) is 13.4. The van der Waals surface area contributed by atoms with E-state index in [9.17, 15) is 9.90 Å². The van der Waals surface area contributed by atoms with Gasteiger partial charge in [-0.2, -0.15) is 4.98 Å². The molecular weight excluding hydrogens is 284 g/mol. The first-order valence-corrected chi connectivity index (χ1v) is 8.05. The van der Waals surface area contributed by atoms with Crippen LogP contribution in [0.1, 0.15) is 63.6 Å². The van der Waals surface area contributed by atoms with Gasteiger partial charge in [-0.05, 0) is 12.8 Å². The molecule has 1 aromatic rings. The van der Waals surface area contributed by atoms with Gasteiger partial charge in [0.25, 0.3) is 0 Å². The van der Waals surface area contributed by atoms with Crippen molar-refractivity contribution >= 4 is 6.03 Å². The summed E-state index contributed by atoms with van der Waals surface area (Å²) in [5.74, 6) is 1.43. The maximum absolute atomic E-state index is 11.7. The van der Waals surface area contributed by atoms with Gasteiger partial charge in [-0.15, -0.1) is 0 Å². The Bertz CT molecular complexity index is 481. The van der Waals surface area contributed by atoms with Crippen LogP contribution in [-0.4, -0.2) is 40.0 Å². The highest BCUT2D eigenvalue weighted by molar-refractivity contribution is 5.73. The molecule has 0 bridgehead atoms. The highest BCUT2D eigenvalue weighted by atomic mass is 16.5. The van der Waals surface area contributed by atoms with E-state index in [0.717, 1.165) is 32.1 Å². The second kappa shape index (κ2) is 7.58. The number of carbonyl (C=O) groups is 1. The van der Waals surface area contributed by atoms with Crippen molar-refractivity contribution in [2.45, 2.75) is 63.9 Å². The number of amides is 2. The number of aromatic nitrogens is 2. The lowest BCUT2D eigenvalue weighted by atomic mass is 9.85.